The van der Waals surface area contributed by atoms with E-state index in [1.54, 1.807) is 44.2 Å². The van der Waals surface area contributed by atoms with Gasteiger partial charge >= 0.3 is 0 Å². The van der Waals surface area contributed by atoms with Gasteiger partial charge in [0.2, 0.25) is 5.88 Å². The highest BCUT2D eigenvalue weighted by atomic mass is 16.5. The van der Waals surface area contributed by atoms with Crippen LogP contribution in [0.25, 0.3) is 0 Å². The van der Waals surface area contributed by atoms with E-state index < -0.39 is 5.60 Å². The van der Waals surface area contributed by atoms with Crippen LogP contribution in [0.2, 0.25) is 0 Å². The Balaban J connectivity index is 2.02. The minimum absolute atomic E-state index is 0.00965. The number of aromatic nitrogens is 1. The topological polar surface area (TPSA) is 84.6 Å². The van der Waals surface area contributed by atoms with E-state index >= 15 is 0 Å². The smallest absolute Gasteiger partial charge is 0.270 e. The third-order valence-corrected chi connectivity index (χ3v) is 3.18. The van der Waals surface area contributed by atoms with Gasteiger partial charge in [-0.2, -0.15) is 0 Å². The fraction of sp³-hybridized carbons (Fsp3) is 0.412. The lowest BCUT2D eigenvalue weighted by Gasteiger charge is -2.21. The van der Waals surface area contributed by atoms with E-state index in [1.807, 2.05) is 13.8 Å². The molecule has 1 unspecified atom stereocenters. The van der Waals surface area contributed by atoms with Crippen LogP contribution in [0.1, 0.15) is 42.8 Å². The number of ether oxygens (including phenoxy) is 1. The monoisotopic (exact) mass is 318 g/mol. The number of amides is 1. The van der Waals surface area contributed by atoms with E-state index in [-0.39, 0.29) is 24.2 Å². The molecule has 6 nitrogen and oxygen atoms in total. The van der Waals surface area contributed by atoms with Crippen LogP contribution >= 0.6 is 0 Å². The average Bonchev–Trinajstić information content (AvgIpc) is 2.92. The fourth-order valence-corrected chi connectivity index (χ4v) is 2.00. The Kier molecular flexibility index (Phi) is 5.05. The molecule has 0 aliphatic heterocycles. The van der Waals surface area contributed by atoms with Crippen molar-refractivity contribution in [1.29, 1.82) is 0 Å². The number of pyridine rings is 1. The Hall–Kier alpha value is -2.34. The van der Waals surface area contributed by atoms with Crippen LogP contribution in [0, 0.1) is 6.92 Å². The van der Waals surface area contributed by atoms with Crippen molar-refractivity contribution in [3.8, 4) is 5.88 Å². The summed E-state index contributed by atoms with van der Waals surface area (Å²) >= 11 is 0. The van der Waals surface area contributed by atoms with Crippen molar-refractivity contribution in [2.75, 3.05) is 6.54 Å². The van der Waals surface area contributed by atoms with E-state index in [0.717, 1.165) is 0 Å². The number of hydrogen-bond acceptors (Lipinski definition) is 5. The Morgan fingerprint density at radius 3 is 2.74 bits per heavy atom. The third-order valence-electron chi connectivity index (χ3n) is 3.18. The van der Waals surface area contributed by atoms with Gasteiger partial charge in [0, 0.05) is 6.07 Å². The lowest BCUT2D eigenvalue weighted by atomic mass is 10.0. The number of rotatable bonds is 6. The van der Waals surface area contributed by atoms with E-state index in [2.05, 4.69) is 10.3 Å². The number of carbonyl (C=O) groups is 1. The maximum Gasteiger partial charge on any atom is 0.270 e. The van der Waals surface area contributed by atoms with Gasteiger partial charge in [0.15, 0.2) is 0 Å². The van der Waals surface area contributed by atoms with Crippen LogP contribution in [0.4, 0.5) is 0 Å². The highest BCUT2D eigenvalue weighted by Crippen LogP contribution is 2.22. The average molecular weight is 318 g/mol. The molecule has 0 spiro atoms. The molecule has 1 amide bonds. The van der Waals surface area contributed by atoms with Gasteiger partial charge in [0.25, 0.3) is 5.91 Å². The zero-order chi connectivity index (χ0) is 17.0. The first kappa shape index (κ1) is 17.0. The number of aliphatic hydroxyl groups is 1. The van der Waals surface area contributed by atoms with Gasteiger partial charge in [0.05, 0.1) is 12.6 Å². The Labute approximate surface area is 135 Å². The molecule has 0 bridgehead atoms. The standard InChI is InChI=1S/C17H22N2O4/c1-11(2)22-15-7-5-6-13(19-15)16(20)18-10-17(4,21)14-9-8-12(3)23-14/h5-9,11,21H,10H2,1-4H3,(H,18,20). The number of carbonyl (C=O) groups excluding carboxylic acids is 1. The number of aryl methyl sites for hydroxylation is 1. The number of furan rings is 1. The van der Waals surface area contributed by atoms with Crippen molar-refractivity contribution >= 4 is 5.91 Å². The minimum atomic E-state index is -1.30. The second-order valence-corrected chi connectivity index (χ2v) is 5.89. The van der Waals surface area contributed by atoms with Gasteiger partial charge in [-0.05, 0) is 45.9 Å². The molecule has 2 heterocycles. The molecule has 124 valence electrons. The van der Waals surface area contributed by atoms with Gasteiger partial charge in [-0.1, -0.05) is 6.07 Å². The first-order valence-corrected chi connectivity index (χ1v) is 7.49. The molecule has 0 aliphatic rings. The lowest BCUT2D eigenvalue weighted by Crippen LogP contribution is -2.38. The molecule has 1 atom stereocenters. The van der Waals surface area contributed by atoms with Crippen molar-refractivity contribution < 1.29 is 19.1 Å². The molecular weight excluding hydrogens is 296 g/mol. The third kappa shape index (κ3) is 4.56. The van der Waals surface area contributed by atoms with Gasteiger partial charge in [-0.3, -0.25) is 4.79 Å². The van der Waals surface area contributed by atoms with Crippen molar-refractivity contribution in [3.05, 3.63) is 47.5 Å². The largest absolute Gasteiger partial charge is 0.475 e. The van der Waals surface area contributed by atoms with Crippen LogP contribution < -0.4 is 10.1 Å². The maximum atomic E-state index is 12.2. The highest BCUT2D eigenvalue weighted by molar-refractivity contribution is 5.92. The summed E-state index contributed by atoms with van der Waals surface area (Å²) in [6.07, 6.45) is -0.0243. The molecule has 0 fully saturated rings. The summed E-state index contributed by atoms with van der Waals surface area (Å²) in [5.74, 6) is 1.11. The van der Waals surface area contributed by atoms with Crippen LogP contribution in [0.15, 0.2) is 34.7 Å². The molecule has 2 aromatic heterocycles. The summed E-state index contributed by atoms with van der Waals surface area (Å²) in [7, 11) is 0. The van der Waals surface area contributed by atoms with Crippen LogP contribution in [-0.4, -0.2) is 28.6 Å². The second kappa shape index (κ2) is 6.83. The quantitative estimate of drug-likeness (QED) is 0.854. The zero-order valence-electron chi connectivity index (χ0n) is 13.8. The lowest BCUT2D eigenvalue weighted by molar-refractivity contribution is 0.0322. The molecule has 2 aromatic rings. The van der Waals surface area contributed by atoms with Gasteiger partial charge < -0.3 is 19.6 Å². The van der Waals surface area contributed by atoms with Crippen molar-refractivity contribution in [2.45, 2.75) is 39.4 Å². The van der Waals surface area contributed by atoms with E-state index in [4.69, 9.17) is 9.15 Å². The molecule has 0 aromatic carbocycles. The maximum absolute atomic E-state index is 12.2. The Morgan fingerprint density at radius 1 is 1.39 bits per heavy atom. The first-order chi connectivity index (χ1) is 10.8. The molecule has 2 rings (SSSR count). The number of nitrogens with one attached hydrogen (secondary N) is 1. The molecule has 0 radical (unpaired) electrons. The zero-order valence-corrected chi connectivity index (χ0v) is 13.8. The van der Waals surface area contributed by atoms with Crippen molar-refractivity contribution in [1.82, 2.24) is 10.3 Å². The summed E-state index contributed by atoms with van der Waals surface area (Å²) in [5, 5.41) is 13.1. The number of hydrogen-bond donors (Lipinski definition) is 2. The van der Waals surface area contributed by atoms with Gasteiger partial charge in [-0.25, -0.2) is 4.98 Å². The molecule has 6 heteroatoms. The molecule has 0 aliphatic carbocycles. The Morgan fingerprint density at radius 2 is 2.13 bits per heavy atom. The summed E-state index contributed by atoms with van der Waals surface area (Å²) in [6, 6.07) is 8.44. The molecule has 23 heavy (non-hydrogen) atoms. The summed E-state index contributed by atoms with van der Waals surface area (Å²) in [6.45, 7) is 7.16. The summed E-state index contributed by atoms with van der Waals surface area (Å²) in [4.78, 5) is 16.3. The molecule has 2 N–H and O–H groups in total. The van der Waals surface area contributed by atoms with E-state index in [0.29, 0.717) is 17.4 Å². The van der Waals surface area contributed by atoms with Gasteiger partial charge in [0.1, 0.15) is 22.8 Å². The first-order valence-electron chi connectivity index (χ1n) is 7.49. The second-order valence-electron chi connectivity index (χ2n) is 5.89. The van der Waals surface area contributed by atoms with Crippen LogP contribution in [-0.2, 0) is 5.60 Å². The molecular formula is C17H22N2O4. The van der Waals surface area contributed by atoms with Crippen LogP contribution in [0.5, 0.6) is 5.88 Å². The predicted molar refractivity (Wildman–Crippen MR) is 85.4 cm³/mol. The Bertz CT molecular complexity index is 677. The molecule has 0 saturated carbocycles. The SMILES string of the molecule is Cc1ccc(C(C)(O)CNC(=O)c2cccc(OC(C)C)n2)o1. The summed E-state index contributed by atoms with van der Waals surface area (Å²) < 4.78 is 10.9. The summed E-state index contributed by atoms with van der Waals surface area (Å²) in [5.41, 5.74) is -1.06. The normalized spacial score (nSPS) is 13.7. The molecule has 0 saturated heterocycles. The minimum Gasteiger partial charge on any atom is -0.475 e. The van der Waals surface area contributed by atoms with E-state index in [1.165, 1.54) is 0 Å². The van der Waals surface area contributed by atoms with Crippen LogP contribution in [0.3, 0.4) is 0 Å². The van der Waals surface area contributed by atoms with Crippen molar-refractivity contribution in [3.63, 3.8) is 0 Å². The highest BCUT2D eigenvalue weighted by Gasteiger charge is 2.27. The number of nitrogens with zero attached hydrogens (tertiary/aromatic N) is 1. The predicted octanol–water partition coefficient (Wildman–Crippen LogP) is 2.41. The fourth-order valence-electron chi connectivity index (χ4n) is 2.00. The van der Waals surface area contributed by atoms with Crippen molar-refractivity contribution in [2.24, 2.45) is 0 Å². The van der Waals surface area contributed by atoms with Gasteiger partial charge in [-0.15, -0.1) is 0 Å². The van der Waals surface area contributed by atoms with E-state index in [9.17, 15) is 9.90 Å².